The van der Waals surface area contributed by atoms with Crippen LogP contribution in [0.4, 0.5) is 0 Å². The van der Waals surface area contributed by atoms with Gasteiger partial charge < -0.3 is 16.0 Å². The zero-order chi connectivity index (χ0) is 14.7. The van der Waals surface area contributed by atoms with E-state index >= 15 is 0 Å². The van der Waals surface area contributed by atoms with Crippen molar-refractivity contribution in [2.45, 2.75) is 6.92 Å². The van der Waals surface area contributed by atoms with Gasteiger partial charge in [0.15, 0.2) is 5.84 Å². The highest BCUT2D eigenvalue weighted by atomic mass is 16.4. The van der Waals surface area contributed by atoms with Crippen molar-refractivity contribution in [1.29, 1.82) is 0 Å². The molecule has 20 heavy (non-hydrogen) atoms. The second kappa shape index (κ2) is 5.44. The summed E-state index contributed by atoms with van der Waals surface area (Å²) >= 11 is 0. The molecule has 0 aliphatic rings. The molecule has 0 aliphatic carbocycles. The van der Waals surface area contributed by atoms with E-state index in [1.54, 1.807) is 36.4 Å². The molecule has 0 saturated carbocycles. The summed E-state index contributed by atoms with van der Waals surface area (Å²) in [4.78, 5) is 10.8. The van der Waals surface area contributed by atoms with Crippen LogP contribution in [-0.4, -0.2) is 22.1 Å². The zero-order valence-electron chi connectivity index (χ0n) is 10.9. The smallest absolute Gasteiger partial charge is 0.335 e. The van der Waals surface area contributed by atoms with Crippen LogP contribution in [0.5, 0.6) is 0 Å². The number of aryl methyl sites for hydroxylation is 1. The molecule has 2 aromatic carbocycles. The normalized spacial score (nSPS) is 11.3. The number of carboxylic acid groups (broad SMARTS) is 1. The van der Waals surface area contributed by atoms with Crippen LogP contribution in [0.15, 0.2) is 47.6 Å². The molecule has 0 fully saturated rings. The largest absolute Gasteiger partial charge is 0.478 e. The van der Waals surface area contributed by atoms with E-state index in [1.165, 1.54) is 0 Å². The molecule has 5 heteroatoms. The predicted molar refractivity (Wildman–Crippen MR) is 76.1 cm³/mol. The van der Waals surface area contributed by atoms with Crippen molar-refractivity contribution in [3.8, 4) is 11.1 Å². The van der Waals surface area contributed by atoms with Crippen LogP contribution in [0, 0.1) is 6.92 Å². The van der Waals surface area contributed by atoms with Gasteiger partial charge >= 0.3 is 5.97 Å². The third-order valence-corrected chi connectivity index (χ3v) is 3.08. The van der Waals surface area contributed by atoms with Crippen LogP contribution < -0.4 is 5.73 Å². The number of benzene rings is 2. The van der Waals surface area contributed by atoms with E-state index in [2.05, 4.69) is 5.16 Å². The van der Waals surface area contributed by atoms with E-state index in [4.69, 9.17) is 16.0 Å². The summed E-state index contributed by atoms with van der Waals surface area (Å²) in [7, 11) is 0. The number of carboxylic acids is 1. The number of rotatable bonds is 3. The molecule has 0 bridgehead atoms. The Hall–Kier alpha value is -2.82. The summed E-state index contributed by atoms with van der Waals surface area (Å²) < 4.78 is 0. The average molecular weight is 270 g/mol. The fourth-order valence-corrected chi connectivity index (χ4v) is 1.94. The summed E-state index contributed by atoms with van der Waals surface area (Å²) in [5.41, 5.74) is 9.22. The Morgan fingerprint density at radius 3 is 2.25 bits per heavy atom. The molecule has 0 aromatic heterocycles. The first kappa shape index (κ1) is 13.6. The van der Waals surface area contributed by atoms with Gasteiger partial charge in [-0.15, -0.1) is 0 Å². The monoisotopic (exact) mass is 270 g/mol. The van der Waals surface area contributed by atoms with Crippen molar-refractivity contribution in [3.63, 3.8) is 0 Å². The molecule has 0 spiro atoms. The molecular weight excluding hydrogens is 256 g/mol. The number of nitrogens with two attached hydrogens (primary N) is 1. The van der Waals surface area contributed by atoms with Crippen LogP contribution in [0.25, 0.3) is 11.1 Å². The van der Waals surface area contributed by atoms with Gasteiger partial charge in [-0.05, 0) is 41.8 Å². The Labute approximate surface area is 116 Å². The van der Waals surface area contributed by atoms with Gasteiger partial charge in [0.25, 0.3) is 0 Å². The van der Waals surface area contributed by atoms with Crippen molar-refractivity contribution in [2.75, 3.05) is 0 Å². The van der Waals surface area contributed by atoms with Gasteiger partial charge in [0, 0.05) is 5.56 Å². The maximum Gasteiger partial charge on any atom is 0.335 e. The van der Waals surface area contributed by atoms with E-state index in [0.29, 0.717) is 5.56 Å². The molecular formula is C15H14N2O3. The number of amidine groups is 1. The lowest BCUT2D eigenvalue weighted by atomic mass is 9.97. The standard InChI is InChI=1S/C15H14N2O3/c1-9-2-3-12(14(16)17-20)8-13(9)10-4-6-11(7-5-10)15(18)19/h2-8,20H,1H3,(H2,16,17)(H,18,19). The lowest BCUT2D eigenvalue weighted by Crippen LogP contribution is -2.13. The number of aromatic carboxylic acids is 1. The molecule has 0 atom stereocenters. The molecule has 0 heterocycles. The van der Waals surface area contributed by atoms with Crippen molar-refractivity contribution in [2.24, 2.45) is 10.9 Å². The van der Waals surface area contributed by atoms with Crippen LogP contribution in [0.3, 0.4) is 0 Å². The molecule has 0 radical (unpaired) electrons. The summed E-state index contributed by atoms with van der Waals surface area (Å²) in [5.74, 6) is -0.924. The topological polar surface area (TPSA) is 95.9 Å². The summed E-state index contributed by atoms with van der Waals surface area (Å²) in [5, 5.41) is 20.6. The molecule has 0 unspecified atom stereocenters. The average Bonchev–Trinajstić information content (AvgIpc) is 2.47. The molecule has 0 amide bonds. The van der Waals surface area contributed by atoms with E-state index in [9.17, 15) is 4.79 Å². The van der Waals surface area contributed by atoms with E-state index in [-0.39, 0.29) is 11.4 Å². The highest BCUT2D eigenvalue weighted by Crippen LogP contribution is 2.25. The Kier molecular flexibility index (Phi) is 3.70. The molecule has 102 valence electrons. The zero-order valence-corrected chi connectivity index (χ0v) is 10.9. The number of nitrogens with zero attached hydrogens (tertiary/aromatic N) is 1. The van der Waals surface area contributed by atoms with Gasteiger partial charge in [-0.25, -0.2) is 4.79 Å². The maximum atomic E-state index is 10.8. The minimum absolute atomic E-state index is 0.0356. The molecule has 2 aromatic rings. The van der Waals surface area contributed by atoms with Crippen molar-refractivity contribution in [3.05, 3.63) is 59.2 Å². The molecule has 0 aliphatic heterocycles. The minimum Gasteiger partial charge on any atom is -0.478 e. The Balaban J connectivity index is 2.48. The van der Waals surface area contributed by atoms with Crippen LogP contribution >= 0.6 is 0 Å². The first-order chi connectivity index (χ1) is 9.52. The van der Waals surface area contributed by atoms with Crippen LogP contribution in [0.1, 0.15) is 21.5 Å². The summed E-state index contributed by atoms with van der Waals surface area (Å²) in [6, 6.07) is 12.0. The first-order valence-corrected chi connectivity index (χ1v) is 5.95. The summed E-state index contributed by atoms with van der Waals surface area (Å²) in [6.07, 6.45) is 0. The second-order valence-electron chi connectivity index (χ2n) is 4.40. The van der Waals surface area contributed by atoms with E-state index in [0.717, 1.165) is 16.7 Å². The van der Waals surface area contributed by atoms with E-state index in [1.807, 2.05) is 13.0 Å². The predicted octanol–water partition coefficient (Wildman–Crippen LogP) is 2.45. The summed E-state index contributed by atoms with van der Waals surface area (Å²) in [6.45, 7) is 1.94. The number of hydrogen-bond donors (Lipinski definition) is 3. The van der Waals surface area contributed by atoms with Gasteiger partial charge in [0.1, 0.15) is 0 Å². The molecule has 0 saturated heterocycles. The Morgan fingerprint density at radius 2 is 1.70 bits per heavy atom. The van der Waals surface area contributed by atoms with Crippen molar-refractivity contribution in [1.82, 2.24) is 0 Å². The fourth-order valence-electron chi connectivity index (χ4n) is 1.94. The van der Waals surface area contributed by atoms with Crippen molar-refractivity contribution < 1.29 is 15.1 Å². The first-order valence-electron chi connectivity index (χ1n) is 5.95. The van der Waals surface area contributed by atoms with E-state index < -0.39 is 5.97 Å². The fraction of sp³-hybridized carbons (Fsp3) is 0.0667. The molecule has 4 N–H and O–H groups in total. The highest BCUT2D eigenvalue weighted by Gasteiger charge is 2.08. The Bertz CT molecular complexity index is 676. The second-order valence-corrected chi connectivity index (χ2v) is 4.40. The van der Waals surface area contributed by atoms with Gasteiger partial charge in [-0.3, -0.25) is 0 Å². The van der Waals surface area contributed by atoms with Gasteiger partial charge in [-0.2, -0.15) is 0 Å². The van der Waals surface area contributed by atoms with Crippen molar-refractivity contribution >= 4 is 11.8 Å². The number of carbonyl (C=O) groups is 1. The third kappa shape index (κ3) is 2.61. The van der Waals surface area contributed by atoms with Gasteiger partial charge in [-0.1, -0.05) is 29.4 Å². The lowest BCUT2D eigenvalue weighted by Gasteiger charge is -2.09. The molecule has 2 rings (SSSR count). The Morgan fingerprint density at radius 1 is 1.10 bits per heavy atom. The number of hydrogen-bond acceptors (Lipinski definition) is 3. The lowest BCUT2D eigenvalue weighted by molar-refractivity contribution is 0.0697. The van der Waals surface area contributed by atoms with Crippen LogP contribution in [-0.2, 0) is 0 Å². The number of oxime groups is 1. The quantitative estimate of drug-likeness (QED) is 0.345. The van der Waals surface area contributed by atoms with Gasteiger partial charge in [0.05, 0.1) is 5.56 Å². The third-order valence-electron chi connectivity index (χ3n) is 3.08. The highest BCUT2D eigenvalue weighted by molar-refractivity contribution is 5.98. The minimum atomic E-state index is -0.960. The van der Waals surface area contributed by atoms with Gasteiger partial charge in [0.2, 0.25) is 0 Å². The maximum absolute atomic E-state index is 10.8. The molecule has 5 nitrogen and oxygen atoms in total. The van der Waals surface area contributed by atoms with Crippen LogP contribution in [0.2, 0.25) is 0 Å². The SMILES string of the molecule is Cc1ccc(C(N)=NO)cc1-c1ccc(C(=O)O)cc1.